The van der Waals surface area contributed by atoms with Crippen LogP contribution in [0.4, 0.5) is 0 Å². The highest BCUT2D eigenvalue weighted by Gasteiger charge is 1.99. The van der Waals surface area contributed by atoms with Crippen LogP contribution in [-0.4, -0.2) is 29.2 Å². The lowest BCUT2D eigenvalue weighted by atomic mass is 10.2. The highest BCUT2D eigenvalue weighted by atomic mass is 16.5. The summed E-state index contributed by atoms with van der Waals surface area (Å²) in [6.07, 6.45) is 1.77. The molecule has 0 aliphatic heterocycles. The van der Waals surface area contributed by atoms with Gasteiger partial charge in [-0.2, -0.15) is 0 Å². The third kappa shape index (κ3) is 4.77. The van der Waals surface area contributed by atoms with Crippen LogP contribution in [0.3, 0.4) is 0 Å². The van der Waals surface area contributed by atoms with Crippen molar-refractivity contribution in [3.8, 4) is 5.75 Å². The Kier molecular flexibility index (Phi) is 5.54. The lowest BCUT2D eigenvalue weighted by Gasteiger charge is -2.08. The van der Waals surface area contributed by atoms with Gasteiger partial charge in [-0.25, -0.2) is 0 Å². The number of benzene rings is 1. The summed E-state index contributed by atoms with van der Waals surface area (Å²) in [5, 5.41) is 14.8. The normalized spacial score (nSPS) is 11.3. The quantitative estimate of drug-likeness (QED) is 0.235. The van der Waals surface area contributed by atoms with E-state index in [9.17, 15) is 0 Å². The maximum Gasteiger partial charge on any atom is 0.170 e. The van der Waals surface area contributed by atoms with Crippen molar-refractivity contribution in [3.63, 3.8) is 0 Å². The van der Waals surface area contributed by atoms with Crippen molar-refractivity contribution in [2.75, 3.05) is 13.2 Å². The van der Waals surface area contributed by atoms with E-state index in [-0.39, 0.29) is 5.84 Å². The van der Waals surface area contributed by atoms with Crippen LogP contribution in [0.15, 0.2) is 53.8 Å². The molecule has 2 aromatic rings. The van der Waals surface area contributed by atoms with Crippen molar-refractivity contribution in [1.29, 1.82) is 0 Å². The monoisotopic (exact) mass is 286 g/mol. The van der Waals surface area contributed by atoms with Gasteiger partial charge in [0.1, 0.15) is 12.4 Å². The molecular weight excluding hydrogens is 268 g/mol. The lowest BCUT2D eigenvalue weighted by Crippen LogP contribution is -2.21. The van der Waals surface area contributed by atoms with Crippen molar-refractivity contribution in [1.82, 2.24) is 10.3 Å². The largest absolute Gasteiger partial charge is 0.492 e. The average molecular weight is 286 g/mol. The topological polar surface area (TPSA) is 92.8 Å². The third-order valence-electron chi connectivity index (χ3n) is 2.84. The molecule has 2 rings (SSSR count). The molecule has 4 N–H and O–H groups in total. The van der Waals surface area contributed by atoms with Gasteiger partial charge in [0, 0.05) is 24.8 Å². The first kappa shape index (κ1) is 14.8. The highest BCUT2D eigenvalue weighted by molar-refractivity contribution is 5.97. The highest BCUT2D eigenvalue weighted by Crippen LogP contribution is 2.11. The number of aromatic nitrogens is 1. The minimum absolute atomic E-state index is 0.0820. The van der Waals surface area contributed by atoms with Gasteiger partial charge in [0.2, 0.25) is 0 Å². The average Bonchev–Trinajstić information content (AvgIpc) is 2.55. The molecule has 0 fully saturated rings. The first-order valence-electron chi connectivity index (χ1n) is 6.61. The van der Waals surface area contributed by atoms with Gasteiger partial charge >= 0.3 is 0 Å². The van der Waals surface area contributed by atoms with Crippen LogP contribution in [0.25, 0.3) is 0 Å². The van der Waals surface area contributed by atoms with Crippen molar-refractivity contribution in [2.24, 2.45) is 10.9 Å². The van der Waals surface area contributed by atoms with Crippen LogP contribution in [0, 0.1) is 0 Å². The van der Waals surface area contributed by atoms with Gasteiger partial charge in [-0.15, -0.1) is 0 Å². The number of nitrogens with two attached hydrogens (primary N) is 1. The summed E-state index contributed by atoms with van der Waals surface area (Å²) in [6, 6.07) is 12.9. The van der Waals surface area contributed by atoms with Crippen molar-refractivity contribution < 1.29 is 9.94 Å². The van der Waals surface area contributed by atoms with Gasteiger partial charge in [0.05, 0.1) is 5.69 Å². The molecule has 6 nitrogen and oxygen atoms in total. The minimum atomic E-state index is 0.0820. The van der Waals surface area contributed by atoms with E-state index in [4.69, 9.17) is 15.7 Å². The van der Waals surface area contributed by atoms with Crippen molar-refractivity contribution in [2.45, 2.75) is 6.54 Å². The van der Waals surface area contributed by atoms with E-state index < -0.39 is 0 Å². The second-order valence-corrected chi connectivity index (χ2v) is 4.36. The van der Waals surface area contributed by atoms with Crippen LogP contribution < -0.4 is 15.8 Å². The molecule has 0 unspecified atom stereocenters. The number of ether oxygens (including phenoxy) is 1. The van der Waals surface area contributed by atoms with Gasteiger partial charge in [-0.1, -0.05) is 11.2 Å². The summed E-state index contributed by atoms with van der Waals surface area (Å²) in [5.41, 5.74) is 7.13. The standard InChI is InChI=1S/C15H18N4O2/c16-15(19-20)12-4-6-14(7-5-12)21-10-9-17-11-13-3-1-2-8-18-13/h1-8,17,20H,9-11H2,(H2,16,19). The fraction of sp³-hybridized carbons (Fsp3) is 0.200. The predicted molar refractivity (Wildman–Crippen MR) is 80.4 cm³/mol. The van der Waals surface area contributed by atoms with Gasteiger partial charge < -0.3 is 21.0 Å². The first-order valence-corrected chi connectivity index (χ1v) is 6.61. The molecule has 110 valence electrons. The van der Waals surface area contributed by atoms with Gasteiger partial charge in [0.25, 0.3) is 0 Å². The zero-order chi connectivity index (χ0) is 14.9. The van der Waals surface area contributed by atoms with Crippen molar-refractivity contribution in [3.05, 3.63) is 59.9 Å². The molecule has 1 aromatic heterocycles. The van der Waals surface area contributed by atoms with Crippen LogP contribution in [0.1, 0.15) is 11.3 Å². The maximum atomic E-state index is 8.57. The van der Waals surface area contributed by atoms with E-state index in [0.717, 1.165) is 18.0 Å². The van der Waals surface area contributed by atoms with Crippen LogP contribution >= 0.6 is 0 Å². The second-order valence-electron chi connectivity index (χ2n) is 4.36. The molecule has 0 spiro atoms. The summed E-state index contributed by atoms with van der Waals surface area (Å²) < 4.78 is 5.59. The summed E-state index contributed by atoms with van der Waals surface area (Å²) in [4.78, 5) is 4.22. The number of oxime groups is 1. The molecule has 1 heterocycles. The SMILES string of the molecule is NC(=NO)c1ccc(OCCNCc2ccccn2)cc1. The summed E-state index contributed by atoms with van der Waals surface area (Å²) in [7, 11) is 0. The van der Waals surface area contributed by atoms with Crippen LogP contribution in [0.2, 0.25) is 0 Å². The number of hydrogen-bond donors (Lipinski definition) is 3. The maximum absolute atomic E-state index is 8.57. The Morgan fingerprint density at radius 2 is 2.05 bits per heavy atom. The van der Waals surface area contributed by atoms with E-state index in [1.54, 1.807) is 30.5 Å². The van der Waals surface area contributed by atoms with E-state index in [1.165, 1.54) is 0 Å². The third-order valence-corrected chi connectivity index (χ3v) is 2.84. The Bertz CT molecular complexity index is 570. The molecule has 0 saturated heterocycles. The Hall–Kier alpha value is -2.60. The fourth-order valence-electron chi connectivity index (χ4n) is 1.74. The summed E-state index contributed by atoms with van der Waals surface area (Å²) in [5.74, 6) is 0.822. The van der Waals surface area contributed by atoms with E-state index in [1.807, 2.05) is 18.2 Å². The minimum Gasteiger partial charge on any atom is -0.492 e. The Labute approximate surface area is 123 Å². The van der Waals surface area contributed by atoms with E-state index in [2.05, 4.69) is 15.5 Å². The molecule has 0 radical (unpaired) electrons. The van der Waals surface area contributed by atoms with Gasteiger partial charge in [-0.05, 0) is 36.4 Å². The summed E-state index contributed by atoms with van der Waals surface area (Å²) >= 11 is 0. The number of nitrogens with zero attached hydrogens (tertiary/aromatic N) is 2. The predicted octanol–water partition coefficient (Wildman–Crippen LogP) is 1.34. The number of nitrogens with one attached hydrogen (secondary N) is 1. The summed E-state index contributed by atoms with van der Waals surface area (Å²) in [6.45, 7) is 1.99. The van der Waals surface area contributed by atoms with Gasteiger partial charge in [0.15, 0.2) is 5.84 Å². The van der Waals surface area contributed by atoms with Crippen molar-refractivity contribution >= 4 is 5.84 Å². The first-order chi connectivity index (χ1) is 10.3. The smallest absolute Gasteiger partial charge is 0.170 e. The zero-order valence-electron chi connectivity index (χ0n) is 11.6. The Balaban J connectivity index is 1.69. The van der Waals surface area contributed by atoms with Gasteiger partial charge in [-0.3, -0.25) is 4.98 Å². The van der Waals surface area contributed by atoms with Crippen LogP contribution in [-0.2, 0) is 6.54 Å². The molecular formula is C15H18N4O2. The van der Waals surface area contributed by atoms with E-state index in [0.29, 0.717) is 18.7 Å². The van der Waals surface area contributed by atoms with Crippen LogP contribution in [0.5, 0.6) is 5.75 Å². The van der Waals surface area contributed by atoms with E-state index >= 15 is 0 Å². The molecule has 0 bridgehead atoms. The Morgan fingerprint density at radius 1 is 1.24 bits per heavy atom. The molecule has 0 aliphatic rings. The molecule has 0 aliphatic carbocycles. The Morgan fingerprint density at radius 3 is 2.71 bits per heavy atom. The zero-order valence-corrected chi connectivity index (χ0v) is 11.6. The molecule has 0 atom stereocenters. The second kappa shape index (κ2) is 7.86. The number of rotatable bonds is 7. The molecule has 0 amide bonds. The number of hydrogen-bond acceptors (Lipinski definition) is 5. The molecule has 21 heavy (non-hydrogen) atoms. The molecule has 0 saturated carbocycles. The molecule has 6 heteroatoms. The fourth-order valence-corrected chi connectivity index (χ4v) is 1.74. The number of amidine groups is 1. The number of pyridine rings is 1. The molecule has 1 aromatic carbocycles. The lowest BCUT2D eigenvalue weighted by molar-refractivity contribution is 0.313.